The van der Waals surface area contributed by atoms with Gasteiger partial charge in [0.25, 0.3) is 0 Å². The maximum atomic E-state index is 13.2. The van der Waals surface area contributed by atoms with E-state index < -0.39 is 0 Å². The third-order valence-corrected chi connectivity index (χ3v) is 3.56. The summed E-state index contributed by atoms with van der Waals surface area (Å²) >= 11 is 0. The van der Waals surface area contributed by atoms with Gasteiger partial charge < -0.3 is 10.2 Å². The molecule has 2 rings (SSSR count). The van der Waals surface area contributed by atoms with Crippen molar-refractivity contribution in [1.29, 1.82) is 0 Å². The minimum Gasteiger partial charge on any atom is -0.337 e. The van der Waals surface area contributed by atoms with Gasteiger partial charge in [-0.25, -0.2) is 4.39 Å². The highest BCUT2D eigenvalue weighted by molar-refractivity contribution is 5.82. The lowest BCUT2D eigenvalue weighted by Crippen LogP contribution is -2.48. The molecule has 19 heavy (non-hydrogen) atoms. The Balaban J connectivity index is 2.00. The molecule has 1 fully saturated rings. The second-order valence-corrected chi connectivity index (χ2v) is 4.98. The molecule has 1 heterocycles. The average Bonchev–Trinajstić information content (AvgIpc) is 2.45. The van der Waals surface area contributed by atoms with E-state index in [0.717, 1.165) is 31.4 Å². The first-order valence-corrected chi connectivity index (χ1v) is 6.97. The van der Waals surface area contributed by atoms with E-state index in [0.29, 0.717) is 13.1 Å². The quantitative estimate of drug-likeness (QED) is 0.905. The third kappa shape index (κ3) is 3.77. The minimum atomic E-state index is -0.253. The number of carbonyl (C=O) groups is 1. The van der Waals surface area contributed by atoms with Crippen molar-refractivity contribution in [2.75, 3.05) is 13.1 Å². The van der Waals surface area contributed by atoms with Crippen LogP contribution in [0.4, 0.5) is 4.39 Å². The van der Waals surface area contributed by atoms with Gasteiger partial charge in [-0.1, -0.05) is 18.6 Å². The zero-order chi connectivity index (χ0) is 13.7. The number of amides is 1. The molecule has 0 aromatic heterocycles. The number of likely N-dealkylation sites (N-methyl/N-ethyl adjacent to an activating group) is 1. The van der Waals surface area contributed by atoms with Crippen LogP contribution in [-0.2, 0) is 11.3 Å². The first-order valence-electron chi connectivity index (χ1n) is 6.97. The monoisotopic (exact) mass is 264 g/mol. The Morgan fingerprint density at radius 2 is 2.32 bits per heavy atom. The maximum Gasteiger partial charge on any atom is 0.239 e. The summed E-state index contributed by atoms with van der Waals surface area (Å²) < 4.78 is 13.2. The van der Waals surface area contributed by atoms with Gasteiger partial charge in [0.1, 0.15) is 5.82 Å². The lowest BCUT2D eigenvalue weighted by molar-refractivity contribution is -0.134. The second-order valence-electron chi connectivity index (χ2n) is 4.98. The van der Waals surface area contributed by atoms with E-state index in [2.05, 4.69) is 5.32 Å². The maximum absolute atomic E-state index is 13.2. The Bertz CT molecular complexity index is 430. The lowest BCUT2D eigenvalue weighted by atomic mass is 10.0. The van der Waals surface area contributed by atoms with Gasteiger partial charge in [0, 0.05) is 13.1 Å². The van der Waals surface area contributed by atoms with E-state index in [1.54, 1.807) is 11.0 Å². The Hall–Kier alpha value is -1.42. The molecule has 1 saturated heterocycles. The summed E-state index contributed by atoms with van der Waals surface area (Å²) in [7, 11) is 0. The number of carbonyl (C=O) groups excluding carboxylic acids is 1. The van der Waals surface area contributed by atoms with E-state index >= 15 is 0 Å². The number of hydrogen-bond donors (Lipinski definition) is 1. The Labute approximate surface area is 113 Å². The lowest BCUT2D eigenvalue weighted by Gasteiger charge is -2.29. The smallest absolute Gasteiger partial charge is 0.239 e. The standard InChI is InChI=1S/C15H21FN2O/c1-2-18(11-12-6-5-7-13(16)10-12)15(19)14-8-3-4-9-17-14/h5-7,10,14,17H,2-4,8-9,11H2,1H3. The minimum absolute atomic E-state index is 0.0674. The van der Waals surface area contributed by atoms with Gasteiger partial charge in [-0.3, -0.25) is 4.79 Å². The average molecular weight is 264 g/mol. The van der Waals surface area contributed by atoms with Crippen molar-refractivity contribution in [2.24, 2.45) is 0 Å². The third-order valence-electron chi connectivity index (χ3n) is 3.56. The highest BCUT2D eigenvalue weighted by atomic mass is 19.1. The van der Waals surface area contributed by atoms with Crippen molar-refractivity contribution in [2.45, 2.75) is 38.8 Å². The number of hydrogen-bond acceptors (Lipinski definition) is 2. The van der Waals surface area contributed by atoms with Gasteiger partial charge in [0.2, 0.25) is 5.91 Å². The molecule has 1 atom stereocenters. The zero-order valence-corrected chi connectivity index (χ0v) is 11.4. The van der Waals surface area contributed by atoms with Gasteiger partial charge in [0.05, 0.1) is 6.04 Å². The molecule has 1 aliphatic heterocycles. The molecule has 0 aliphatic carbocycles. The molecule has 1 unspecified atom stereocenters. The zero-order valence-electron chi connectivity index (χ0n) is 11.4. The molecule has 1 amide bonds. The SMILES string of the molecule is CCN(Cc1cccc(F)c1)C(=O)C1CCCCN1. The molecule has 0 bridgehead atoms. The van der Waals surface area contributed by atoms with Gasteiger partial charge in [-0.2, -0.15) is 0 Å². The fraction of sp³-hybridized carbons (Fsp3) is 0.533. The van der Waals surface area contributed by atoms with Crippen LogP contribution in [0.5, 0.6) is 0 Å². The predicted molar refractivity (Wildman–Crippen MR) is 73.1 cm³/mol. The predicted octanol–water partition coefficient (Wildman–Crippen LogP) is 2.32. The van der Waals surface area contributed by atoms with Crippen molar-refractivity contribution in [3.05, 3.63) is 35.6 Å². The molecule has 4 heteroatoms. The topological polar surface area (TPSA) is 32.3 Å². The van der Waals surface area contributed by atoms with Crippen LogP contribution in [-0.4, -0.2) is 29.9 Å². The summed E-state index contributed by atoms with van der Waals surface area (Å²) in [6.07, 6.45) is 3.14. The van der Waals surface area contributed by atoms with E-state index in [1.807, 2.05) is 13.0 Å². The van der Waals surface area contributed by atoms with E-state index in [9.17, 15) is 9.18 Å². The number of benzene rings is 1. The molecule has 1 aliphatic rings. The van der Waals surface area contributed by atoms with Gasteiger partial charge in [-0.05, 0) is 44.0 Å². The van der Waals surface area contributed by atoms with Crippen molar-refractivity contribution in [1.82, 2.24) is 10.2 Å². The molecular formula is C15H21FN2O. The van der Waals surface area contributed by atoms with Crippen molar-refractivity contribution < 1.29 is 9.18 Å². The Morgan fingerprint density at radius 3 is 2.95 bits per heavy atom. The van der Waals surface area contributed by atoms with E-state index in [4.69, 9.17) is 0 Å². The van der Waals surface area contributed by atoms with Crippen LogP contribution in [0.25, 0.3) is 0 Å². The van der Waals surface area contributed by atoms with Crippen LogP contribution in [0.15, 0.2) is 24.3 Å². The first kappa shape index (κ1) is 14.0. The summed E-state index contributed by atoms with van der Waals surface area (Å²) in [5.41, 5.74) is 0.839. The van der Waals surface area contributed by atoms with Crippen molar-refractivity contribution in [3.8, 4) is 0 Å². The first-order chi connectivity index (χ1) is 9.20. The molecule has 3 nitrogen and oxygen atoms in total. The fourth-order valence-electron chi connectivity index (χ4n) is 2.48. The summed E-state index contributed by atoms with van der Waals surface area (Å²) in [6, 6.07) is 6.38. The summed E-state index contributed by atoms with van der Waals surface area (Å²) in [5, 5.41) is 3.27. The number of nitrogens with zero attached hydrogens (tertiary/aromatic N) is 1. The molecule has 0 radical (unpaired) electrons. The normalized spacial score (nSPS) is 19.2. The summed E-state index contributed by atoms with van der Waals surface area (Å²) in [5.74, 6) is -0.122. The fourth-order valence-corrected chi connectivity index (χ4v) is 2.48. The Morgan fingerprint density at radius 1 is 1.47 bits per heavy atom. The van der Waals surface area contributed by atoms with Crippen LogP contribution >= 0.6 is 0 Å². The number of rotatable bonds is 4. The highest BCUT2D eigenvalue weighted by Gasteiger charge is 2.24. The van der Waals surface area contributed by atoms with Crippen LogP contribution in [0.3, 0.4) is 0 Å². The molecule has 0 spiro atoms. The van der Waals surface area contributed by atoms with Gasteiger partial charge >= 0.3 is 0 Å². The van der Waals surface area contributed by atoms with Gasteiger partial charge in [0.15, 0.2) is 0 Å². The van der Waals surface area contributed by atoms with Crippen LogP contribution in [0, 0.1) is 5.82 Å². The molecule has 0 saturated carbocycles. The molecule has 1 aromatic rings. The second kappa shape index (κ2) is 6.66. The van der Waals surface area contributed by atoms with Gasteiger partial charge in [-0.15, -0.1) is 0 Å². The number of nitrogens with one attached hydrogen (secondary N) is 1. The Kier molecular flexibility index (Phi) is 4.91. The largest absolute Gasteiger partial charge is 0.337 e. The molecular weight excluding hydrogens is 243 g/mol. The summed E-state index contributed by atoms with van der Waals surface area (Å²) in [4.78, 5) is 14.2. The van der Waals surface area contributed by atoms with Crippen LogP contribution < -0.4 is 5.32 Å². The van der Waals surface area contributed by atoms with E-state index in [-0.39, 0.29) is 17.8 Å². The van der Waals surface area contributed by atoms with Crippen molar-refractivity contribution >= 4 is 5.91 Å². The number of piperidine rings is 1. The molecule has 1 aromatic carbocycles. The van der Waals surface area contributed by atoms with E-state index in [1.165, 1.54) is 12.1 Å². The molecule has 1 N–H and O–H groups in total. The number of halogens is 1. The summed E-state index contributed by atoms with van der Waals surface area (Å²) in [6.45, 7) is 3.99. The van der Waals surface area contributed by atoms with Crippen molar-refractivity contribution in [3.63, 3.8) is 0 Å². The van der Waals surface area contributed by atoms with Crippen LogP contribution in [0.1, 0.15) is 31.7 Å². The highest BCUT2D eigenvalue weighted by Crippen LogP contribution is 2.13. The van der Waals surface area contributed by atoms with Crippen LogP contribution in [0.2, 0.25) is 0 Å². The molecule has 104 valence electrons.